The number of hydrogen-bond donors (Lipinski definition) is 1. The maximum Gasteiger partial charge on any atom is 0.412 e. The van der Waals surface area contributed by atoms with Crippen LogP contribution in [0.3, 0.4) is 0 Å². The minimum Gasteiger partial charge on any atom is -0.450 e. The highest BCUT2D eigenvalue weighted by atomic mass is 16.5. The van der Waals surface area contributed by atoms with E-state index in [-0.39, 0.29) is 0 Å². The average Bonchev–Trinajstić information content (AvgIpc) is 2.96. The van der Waals surface area contributed by atoms with E-state index >= 15 is 0 Å². The number of carbonyl (C=O) groups is 1. The van der Waals surface area contributed by atoms with Crippen molar-refractivity contribution in [3.63, 3.8) is 0 Å². The van der Waals surface area contributed by atoms with Crippen molar-refractivity contribution in [2.45, 2.75) is 6.92 Å². The first-order valence-electron chi connectivity index (χ1n) is 7.35. The molecule has 0 bridgehead atoms. The lowest BCUT2D eigenvalue weighted by molar-refractivity contribution is 0.168. The fraction of sp³-hybridized carbons (Fsp3) is 0.267. The molecule has 0 fully saturated rings. The number of imidazole rings is 1. The first kappa shape index (κ1) is 15.7. The molecule has 24 heavy (non-hydrogen) atoms. The molecule has 0 atom stereocenters. The van der Waals surface area contributed by atoms with Gasteiger partial charge in [-0.05, 0) is 6.92 Å². The van der Waals surface area contributed by atoms with Gasteiger partial charge in [-0.15, -0.1) is 0 Å². The van der Waals surface area contributed by atoms with Gasteiger partial charge in [0, 0.05) is 38.1 Å². The second-order valence-electron chi connectivity index (χ2n) is 5.18. The van der Waals surface area contributed by atoms with Crippen molar-refractivity contribution < 1.29 is 9.53 Å². The smallest absolute Gasteiger partial charge is 0.412 e. The molecule has 1 N–H and O–H groups in total. The number of anilines is 2. The topological polar surface area (TPSA) is 97.5 Å². The van der Waals surface area contributed by atoms with E-state index in [1.54, 1.807) is 42.3 Å². The predicted molar refractivity (Wildman–Crippen MR) is 89.0 cm³/mol. The monoisotopic (exact) mass is 327 g/mol. The SMILES string of the molecule is CCOC(=O)Nc1cn2cnc(-c3cnc(N(C)C)nc3)cc2n1. The van der Waals surface area contributed by atoms with E-state index in [1.807, 2.05) is 19.0 Å². The van der Waals surface area contributed by atoms with Crippen LogP contribution in [0, 0.1) is 0 Å². The van der Waals surface area contributed by atoms with Gasteiger partial charge in [-0.1, -0.05) is 0 Å². The molecule has 124 valence electrons. The Morgan fingerprint density at radius 1 is 1.29 bits per heavy atom. The van der Waals surface area contributed by atoms with Crippen LogP contribution in [0.1, 0.15) is 6.92 Å². The molecular weight excluding hydrogens is 310 g/mol. The van der Waals surface area contributed by atoms with Gasteiger partial charge in [-0.25, -0.2) is 24.7 Å². The number of fused-ring (bicyclic) bond motifs is 1. The van der Waals surface area contributed by atoms with E-state index < -0.39 is 6.09 Å². The molecule has 1 amide bonds. The molecule has 0 aliphatic carbocycles. The van der Waals surface area contributed by atoms with Crippen LogP contribution in [0.25, 0.3) is 16.9 Å². The quantitative estimate of drug-likeness (QED) is 0.780. The zero-order valence-electron chi connectivity index (χ0n) is 13.6. The van der Waals surface area contributed by atoms with Crippen LogP contribution in [-0.4, -0.2) is 51.1 Å². The lowest BCUT2D eigenvalue weighted by Crippen LogP contribution is -2.13. The van der Waals surface area contributed by atoms with Crippen LogP contribution < -0.4 is 10.2 Å². The van der Waals surface area contributed by atoms with E-state index in [0.29, 0.717) is 29.7 Å². The van der Waals surface area contributed by atoms with Crippen LogP contribution in [-0.2, 0) is 4.74 Å². The summed E-state index contributed by atoms with van der Waals surface area (Å²) < 4.78 is 6.54. The number of carbonyl (C=O) groups excluding carboxylic acids is 1. The van der Waals surface area contributed by atoms with Crippen molar-refractivity contribution in [3.8, 4) is 11.3 Å². The molecule has 3 aromatic heterocycles. The maximum absolute atomic E-state index is 11.4. The van der Waals surface area contributed by atoms with Crippen LogP contribution in [0.4, 0.5) is 16.6 Å². The number of nitrogens with one attached hydrogen (secondary N) is 1. The van der Waals surface area contributed by atoms with E-state index in [1.165, 1.54) is 0 Å². The summed E-state index contributed by atoms with van der Waals surface area (Å²) in [7, 11) is 3.75. The van der Waals surface area contributed by atoms with Gasteiger partial charge < -0.3 is 9.64 Å². The van der Waals surface area contributed by atoms with Gasteiger partial charge in [0.15, 0.2) is 5.82 Å². The van der Waals surface area contributed by atoms with E-state index in [0.717, 1.165) is 5.56 Å². The zero-order chi connectivity index (χ0) is 17.1. The highest BCUT2D eigenvalue weighted by Crippen LogP contribution is 2.19. The molecule has 0 saturated heterocycles. The average molecular weight is 327 g/mol. The molecule has 9 heteroatoms. The molecule has 9 nitrogen and oxygen atoms in total. The Balaban J connectivity index is 1.86. The van der Waals surface area contributed by atoms with Gasteiger partial charge in [-0.2, -0.15) is 0 Å². The molecular formula is C15H17N7O2. The lowest BCUT2D eigenvalue weighted by Gasteiger charge is -2.09. The highest BCUT2D eigenvalue weighted by Gasteiger charge is 2.09. The number of amides is 1. The molecule has 0 saturated carbocycles. The molecule has 3 heterocycles. The van der Waals surface area contributed by atoms with Crippen molar-refractivity contribution in [1.29, 1.82) is 0 Å². The van der Waals surface area contributed by atoms with Gasteiger partial charge >= 0.3 is 6.09 Å². The summed E-state index contributed by atoms with van der Waals surface area (Å²) in [6, 6.07) is 1.80. The Bertz CT molecular complexity index is 858. The summed E-state index contributed by atoms with van der Waals surface area (Å²) in [4.78, 5) is 30.5. The first-order chi connectivity index (χ1) is 11.6. The van der Waals surface area contributed by atoms with Gasteiger partial charge in [0.1, 0.15) is 12.0 Å². The summed E-state index contributed by atoms with van der Waals surface area (Å²) in [5.41, 5.74) is 2.12. The van der Waals surface area contributed by atoms with Crippen LogP contribution in [0.15, 0.2) is 31.0 Å². The third kappa shape index (κ3) is 3.24. The van der Waals surface area contributed by atoms with E-state index in [4.69, 9.17) is 4.74 Å². The molecule has 0 radical (unpaired) electrons. The minimum absolute atomic E-state index is 0.299. The van der Waals surface area contributed by atoms with E-state index in [9.17, 15) is 4.79 Å². The predicted octanol–water partition coefficient (Wildman–Crippen LogP) is 1.82. The molecule has 0 aliphatic heterocycles. The molecule has 3 rings (SSSR count). The second-order valence-corrected chi connectivity index (χ2v) is 5.18. The molecule has 0 aliphatic rings. The third-order valence-electron chi connectivity index (χ3n) is 3.19. The van der Waals surface area contributed by atoms with Crippen molar-refractivity contribution in [1.82, 2.24) is 24.3 Å². The summed E-state index contributed by atoms with van der Waals surface area (Å²) in [5, 5.41) is 2.56. The van der Waals surface area contributed by atoms with Gasteiger partial charge in [0.25, 0.3) is 0 Å². The van der Waals surface area contributed by atoms with Crippen LogP contribution in [0.5, 0.6) is 0 Å². The summed E-state index contributed by atoms with van der Waals surface area (Å²) in [5.74, 6) is 1.02. The van der Waals surface area contributed by atoms with E-state index in [2.05, 4.69) is 25.3 Å². The normalized spacial score (nSPS) is 10.6. The highest BCUT2D eigenvalue weighted by molar-refractivity contribution is 5.83. The summed E-state index contributed by atoms with van der Waals surface area (Å²) in [6.45, 7) is 2.04. The Kier molecular flexibility index (Phi) is 4.23. The molecule has 0 aromatic carbocycles. The second kappa shape index (κ2) is 6.49. The van der Waals surface area contributed by atoms with Gasteiger partial charge in [0.2, 0.25) is 5.95 Å². The Hall–Kier alpha value is -3.23. The largest absolute Gasteiger partial charge is 0.450 e. The number of rotatable bonds is 4. The zero-order valence-corrected chi connectivity index (χ0v) is 13.6. The lowest BCUT2D eigenvalue weighted by atomic mass is 10.2. The molecule has 0 unspecified atom stereocenters. The summed E-state index contributed by atoms with van der Waals surface area (Å²) in [6.07, 6.45) is 6.16. The Labute approximate surface area is 138 Å². The van der Waals surface area contributed by atoms with Gasteiger partial charge in [0.05, 0.1) is 18.5 Å². The number of nitrogens with zero attached hydrogens (tertiary/aromatic N) is 6. The molecule has 0 spiro atoms. The summed E-state index contributed by atoms with van der Waals surface area (Å²) >= 11 is 0. The van der Waals surface area contributed by atoms with Crippen LogP contribution >= 0.6 is 0 Å². The maximum atomic E-state index is 11.4. The number of ether oxygens (including phenoxy) is 1. The van der Waals surface area contributed by atoms with Gasteiger partial charge in [-0.3, -0.25) is 9.72 Å². The van der Waals surface area contributed by atoms with Crippen molar-refractivity contribution in [2.75, 3.05) is 30.9 Å². The molecule has 3 aromatic rings. The number of hydrogen-bond acceptors (Lipinski definition) is 7. The van der Waals surface area contributed by atoms with Crippen molar-refractivity contribution in [2.24, 2.45) is 0 Å². The first-order valence-corrected chi connectivity index (χ1v) is 7.35. The fourth-order valence-corrected chi connectivity index (χ4v) is 2.07. The standard InChI is InChI=1S/C15H17N7O2/c1-4-24-15(23)20-12-8-22-9-18-11(5-13(22)19-12)10-6-16-14(17-7-10)21(2)3/h5-9H,4H2,1-3H3,(H,20,23). The fourth-order valence-electron chi connectivity index (χ4n) is 2.07. The van der Waals surface area contributed by atoms with Crippen molar-refractivity contribution >= 4 is 23.5 Å². The third-order valence-corrected chi connectivity index (χ3v) is 3.19. The Morgan fingerprint density at radius 3 is 2.71 bits per heavy atom. The number of aromatic nitrogens is 5. The Morgan fingerprint density at radius 2 is 2.04 bits per heavy atom. The van der Waals surface area contributed by atoms with Crippen molar-refractivity contribution in [3.05, 3.63) is 31.0 Å². The minimum atomic E-state index is -0.540. The van der Waals surface area contributed by atoms with Crippen LogP contribution in [0.2, 0.25) is 0 Å².